The van der Waals surface area contributed by atoms with E-state index >= 15 is 0 Å². The van der Waals surface area contributed by atoms with Crippen molar-refractivity contribution in [3.63, 3.8) is 0 Å². The Hall–Kier alpha value is -1.07. The Morgan fingerprint density at radius 1 is 1.35 bits per heavy atom. The lowest BCUT2D eigenvalue weighted by molar-refractivity contribution is 0.0373. The zero-order valence-electron chi connectivity index (χ0n) is 9.73. The molecule has 4 nitrogen and oxygen atoms in total. The van der Waals surface area contributed by atoms with Gasteiger partial charge in [0.05, 0.1) is 16.6 Å². The molecule has 0 bridgehead atoms. The van der Waals surface area contributed by atoms with Crippen LogP contribution in [0, 0.1) is 0 Å². The number of esters is 1. The van der Waals surface area contributed by atoms with Crippen LogP contribution in [-0.4, -0.2) is 26.7 Å². The number of rotatable bonds is 3. The highest BCUT2D eigenvalue weighted by Gasteiger charge is 2.20. The minimum atomic E-state index is -3.49. The maximum Gasteiger partial charge on any atom is 0.339 e. The number of benzene rings is 1. The molecule has 6 heteroatoms. The Morgan fingerprint density at radius 2 is 1.94 bits per heavy atom. The van der Waals surface area contributed by atoms with E-state index in [0.717, 1.165) is 6.26 Å². The van der Waals surface area contributed by atoms with Gasteiger partial charge in [0.1, 0.15) is 0 Å². The molecule has 0 aliphatic rings. The van der Waals surface area contributed by atoms with Crippen LogP contribution in [0.1, 0.15) is 24.2 Å². The van der Waals surface area contributed by atoms with Crippen LogP contribution in [0.15, 0.2) is 23.1 Å². The molecule has 1 aromatic rings. The molecule has 0 aliphatic carbocycles. The van der Waals surface area contributed by atoms with Gasteiger partial charge in [-0.1, -0.05) is 11.6 Å². The van der Waals surface area contributed by atoms with E-state index in [4.69, 9.17) is 16.3 Å². The molecular weight excluding hydrogens is 264 g/mol. The van der Waals surface area contributed by atoms with Crippen molar-refractivity contribution in [2.75, 3.05) is 6.26 Å². The van der Waals surface area contributed by atoms with E-state index in [2.05, 4.69) is 0 Å². The van der Waals surface area contributed by atoms with E-state index in [0.29, 0.717) is 0 Å². The Balaban J connectivity index is 3.31. The van der Waals surface area contributed by atoms with Crippen LogP contribution >= 0.6 is 11.6 Å². The molecule has 0 spiro atoms. The molecular formula is C11H13ClO4S. The summed E-state index contributed by atoms with van der Waals surface area (Å²) in [7, 11) is -3.49. The summed E-state index contributed by atoms with van der Waals surface area (Å²) in [6.45, 7) is 3.37. The quantitative estimate of drug-likeness (QED) is 0.795. The molecule has 94 valence electrons. The van der Waals surface area contributed by atoms with Crippen molar-refractivity contribution in [2.45, 2.75) is 24.8 Å². The number of halogens is 1. The molecule has 0 unspecified atom stereocenters. The number of carbonyl (C=O) groups is 1. The third kappa shape index (κ3) is 3.71. The van der Waals surface area contributed by atoms with E-state index in [1.54, 1.807) is 13.8 Å². The molecule has 0 fully saturated rings. The molecule has 0 aromatic heterocycles. The fraction of sp³-hybridized carbons (Fsp3) is 0.364. The number of hydrogen-bond acceptors (Lipinski definition) is 4. The van der Waals surface area contributed by atoms with E-state index in [-0.39, 0.29) is 21.6 Å². The minimum Gasteiger partial charge on any atom is -0.459 e. The fourth-order valence-corrected chi connectivity index (χ4v) is 2.29. The van der Waals surface area contributed by atoms with Gasteiger partial charge in [-0.25, -0.2) is 13.2 Å². The van der Waals surface area contributed by atoms with Crippen molar-refractivity contribution in [1.82, 2.24) is 0 Å². The highest BCUT2D eigenvalue weighted by molar-refractivity contribution is 7.90. The minimum absolute atomic E-state index is 0.0336. The van der Waals surface area contributed by atoms with Crippen LogP contribution < -0.4 is 0 Å². The second-order valence-corrected chi connectivity index (χ2v) is 6.29. The maximum absolute atomic E-state index is 11.7. The van der Waals surface area contributed by atoms with Crippen LogP contribution in [0.5, 0.6) is 0 Å². The predicted octanol–water partition coefficient (Wildman–Crippen LogP) is 2.31. The van der Waals surface area contributed by atoms with E-state index in [9.17, 15) is 13.2 Å². The number of hydrogen-bond donors (Lipinski definition) is 0. The van der Waals surface area contributed by atoms with Gasteiger partial charge in [0.15, 0.2) is 9.84 Å². The van der Waals surface area contributed by atoms with Crippen LogP contribution in [-0.2, 0) is 14.6 Å². The second-order valence-electron chi connectivity index (χ2n) is 3.87. The number of carbonyl (C=O) groups excluding carboxylic acids is 1. The lowest BCUT2D eigenvalue weighted by Gasteiger charge is -2.11. The molecule has 0 heterocycles. The monoisotopic (exact) mass is 276 g/mol. The zero-order valence-corrected chi connectivity index (χ0v) is 11.3. The van der Waals surface area contributed by atoms with Crippen molar-refractivity contribution in [3.8, 4) is 0 Å². The third-order valence-corrected chi connectivity index (χ3v) is 3.29. The number of sulfone groups is 1. The third-order valence-electron chi connectivity index (χ3n) is 1.90. The van der Waals surface area contributed by atoms with Crippen LogP contribution in [0.3, 0.4) is 0 Å². The molecule has 0 aliphatic heterocycles. The van der Waals surface area contributed by atoms with Gasteiger partial charge >= 0.3 is 5.97 Å². The molecule has 1 aromatic carbocycles. The predicted molar refractivity (Wildman–Crippen MR) is 65.1 cm³/mol. The average Bonchev–Trinajstić information content (AvgIpc) is 2.14. The van der Waals surface area contributed by atoms with Crippen molar-refractivity contribution in [2.24, 2.45) is 0 Å². The summed E-state index contributed by atoms with van der Waals surface area (Å²) in [6, 6.07) is 4.02. The Bertz CT molecular complexity index is 534. The first-order chi connectivity index (χ1) is 7.71. The average molecular weight is 277 g/mol. The first-order valence-corrected chi connectivity index (χ1v) is 7.19. The van der Waals surface area contributed by atoms with Crippen LogP contribution in [0.4, 0.5) is 0 Å². The Kier molecular flexibility index (Phi) is 4.16. The molecule has 0 saturated heterocycles. The van der Waals surface area contributed by atoms with Gasteiger partial charge in [-0.2, -0.15) is 0 Å². The van der Waals surface area contributed by atoms with E-state index in [1.807, 2.05) is 0 Å². The highest BCUT2D eigenvalue weighted by Crippen LogP contribution is 2.21. The lowest BCUT2D eigenvalue weighted by Crippen LogP contribution is -2.15. The Labute approximate surface area is 105 Å². The summed E-state index contributed by atoms with van der Waals surface area (Å²) in [5, 5.41) is 0.285. The summed E-state index contributed by atoms with van der Waals surface area (Å²) < 4.78 is 28.0. The van der Waals surface area contributed by atoms with Crippen LogP contribution in [0.2, 0.25) is 5.02 Å². The first kappa shape index (κ1) is 14.0. The Morgan fingerprint density at radius 3 is 2.41 bits per heavy atom. The second kappa shape index (κ2) is 5.06. The van der Waals surface area contributed by atoms with Gasteiger partial charge in [-0.05, 0) is 32.0 Å². The summed E-state index contributed by atoms with van der Waals surface area (Å²) in [6.07, 6.45) is 0.705. The van der Waals surface area contributed by atoms with Crippen molar-refractivity contribution < 1.29 is 17.9 Å². The fourth-order valence-electron chi connectivity index (χ4n) is 1.26. The van der Waals surface area contributed by atoms with Crippen molar-refractivity contribution in [1.29, 1.82) is 0 Å². The molecule has 0 amide bonds. The molecule has 17 heavy (non-hydrogen) atoms. The van der Waals surface area contributed by atoms with E-state index in [1.165, 1.54) is 18.2 Å². The topological polar surface area (TPSA) is 60.4 Å². The molecule has 1 rings (SSSR count). The van der Waals surface area contributed by atoms with E-state index < -0.39 is 15.8 Å². The van der Waals surface area contributed by atoms with Gasteiger partial charge < -0.3 is 4.74 Å². The van der Waals surface area contributed by atoms with Crippen molar-refractivity contribution >= 4 is 27.4 Å². The summed E-state index contributed by atoms with van der Waals surface area (Å²) in [4.78, 5) is 11.7. The highest BCUT2D eigenvalue weighted by atomic mass is 35.5. The van der Waals surface area contributed by atoms with Crippen LogP contribution in [0.25, 0.3) is 0 Å². The van der Waals surface area contributed by atoms with Gasteiger partial charge in [0, 0.05) is 11.3 Å². The number of ether oxygens (including phenoxy) is 1. The summed E-state index contributed by atoms with van der Waals surface area (Å²) >= 11 is 5.74. The standard InChI is InChI=1S/C11H13ClO4S/c1-7(2)16-11(13)9-6-8(12)4-5-10(9)17(3,14)15/h4-7H,1-3H3. The molecule has 0 saturated carbocycles. The summed E-state index contributed by atoms with van der Waals surface area (Å²) in [5.41, 5.74) is -0.0336. The van der Waals surface area contributed by atoms with Crippen molar-refractivity contribution in [3.05, 3.63) is 28.8 Å². The molecule has 0 N–H and O–H groups in total. The maximum atomic E-state index is 11.7. The van der Waals surface area contributed by atoms with Gasteiger partial charge in [-0.3, -0.25) is 0 Å². The first-order valence-electron chi connectivity index (χ1n) is 4.92. The zero-order chi connectivity index (χ0) is 13.2. The molecule has 0 atom stereocenters. The van der Waals surface area contributed by atoms with Gasteiger partial charge in [0.2, 0.25) is 0 Å². The SMILES string of the molecule is CC(C)OC(=O)c1cc(Cl)ccc1S(C)(=O)=O. The largest absolute Gasteiger partial charge is 0.459 e. The van der Waals surface area contributed by atoms with Gasteiger partial charge in [-0.15, -0.1) is 0 Å². The summed E-state index contributed by atoms with van der Waals surface area (Å²) in [5.74, 6) is -0.692. The molecule has 0 radical (unpaired) electrons. The van der Waals surface area contributed by atoms with Gasteiger partial charge in [0.25, 0.3) is 0 Å². The smallest absolute Gasteiger partial charge is 0.339 e. The lowest BCUT2D eigenvalue weighted by atomic mass is 10.2. The normalized spacial score (nSPS) is 11.6.